The van der Waals surface area contributed by atoms with Crippen molar-refractivity contribution in [2.75, 3.05) is 0 Å². The first kappa shape index (κ1) is 20.1. The minimum atomic E-state index is -1.17. The molecule has 3 aromatic rings. The standard InChI is InChI=1S/C22H17N3O6S/c1-11(26)18-19-14-5-3-4-6-16(14)31-22(18,2)23-21-24(19)20(28)17(32-21)10-12-9-13(25(29)30)7-8-15(12)27/h3-10,18-19,27H,1-2H3/b17-10-/t18-,19-,22+/m0/s1. The number of nitro benzene ring substituents is 1. The van der Waals surface area contributed by atoms with Gasteiger partial charge in [0.05, 0.1) is 15.5 Å². The maximum absolute atomic E-state index is 13.4. The zero-order chi connectivity index (χ0) is 22.8. The van der Waals surface area contributed by atoms with Crippen LogP contribution in [0, 0.1) is 16.0 Å². The predicted molar refractivity (Wildman–Crippen MR) is 115 cm³/mol. The van der Waals surface area contributed by atoms with E-state index in [9.17, 15) is 24.8 Å². The third kappa shape index (κ3) is 2.87. The minimum absolute atomic E-state index is 0.143. The summed E-state index contributed by atoms with van der Waals surface area (Å²) in [6.07, 6.45) is 1.40. The number of carbonyl (C=O) groups is 1. The van der Waals surface area contributed by atoms with Gasteiger partial charge in [0.2, 0.25) is 5.72 Å². The van der Waals surface area contributed by atoms with E-state index >= 15 is 0 Å². The SMILES string of the molecule is CC(=O)[C@H]1[C@@H]2c3ccccc3O[C@@]1(C)N=c1s/c(=C\c3cc([N+](=O)[O-])ccc3O)c(=O)n12. The van der Waals surface area contributed by atoms with Gasteiger partial charge in [0.15, 0.2) is 4.80 Å². The average Bonchev–Trinajstić information content (AvgIpc) is 3.02. The molecule has 0 unspecified atom stereocenters. The number of rotatable bonds is 3. The number of para-hydroxylation sites is 1. The molecule has 162 valence electrons. The molecule has 5 rings (SSSR count). The van der Waals surface area contributed by atoms with E-state index in [1.165, 1.54) is 35.8 Å². The van der Waals surface area contributed by atoms with Crippen LogP contribution in [0.2, 0.25) is 0 Å². The lowest BCUT2D eigenvalue weighted by Gasteiger charge is -2.45. The van der Waals surface area contributed by atoms with E-state index in [4.69, 9.17) is 4.74 Å². The number of aromatic hydroxyl groups is 1. The number of ketones is 1. The molecule has 0 fully saturated rings. The van der Waals surface area contributed by atoms with E-state index in [-0.39, 0.29) is 27.3 Å². The van der Waals surface area contributed by atoms with Gasteiger partial charge in [-0.3, -0.25) is 24.3 Å². The minimum Gasteiger partial charge on any atom is -0.507 e. The third-order valence-corrected chi connectivity index (χ3v) is 6.81. The van der Waals surface area contributed by atoms with Crippen molar-refractivity contribution < 1.29 is 19.6 Å². The van der Waals surface area contributed by atoms with Crippen molar-refractivity contribution in [3.8, 4) is 11.5 Å². The van der Waals surface area contributed by atoms with Crippen LogP contribution in [0.15, 0.2) is 52.3 Å². The Labute approximate surface area is 184 Å². The molecule has 3 heterocycles. The first-order valence-corrected chi connectivity index (χ1v) is 10.6. The highest BCUT2D eigenvalue weighted by atomic mass is 32.1. The van der Waals surface area contributed by atoms with Crippen molar-refractivity contribution in [3.05, 3.63) is 83.4 Å². The highest BCUT2D eigenvalue weighted by molar-refractivity contribution is 7.07. The number of benzene rings is 2. The van der Waals surface area contributed by atoms with Gasteiger partial charge >= 0.3 is 0 Å². The summed E-state index contributed by atoms with van der Waals surface area (Å²) in [6.45, 7) is 3.19. The average molecular weight is 451 g/mol. The van der Waals surface area contributed by atoms with Crippen molar-refractivity contribution in [1.82, 2.24) is 4.57 Å². The predicted octanol–water partition coefficient (Wildman–Crippen LogP) is 1.89. The van der Waals surface area contributed by atoms with E-state index in [2.05, 4.69) is 4.99 Å². The molecule has 0 aliphatic carbocycles. The maximum Gasteiger partial charge on any atom is 0.270 e. The number of non-ortho nitro benzene ring substituents is 1. The Kier molecular flexibility index (Phi) is 4.31. The molecule has 2 aromatic carbocycles. The van der Waals surface area contributed by atoms with Crippen LogP contribution < -0.4 is 19.6 Å². The van der Waals surface area contributed by atoms with Gasteiger partial charge in [0.25, 0.3) is 11.2 Å². The number of thiazole rings is 1. The smallest absolute Gasteiger partial charge is 0.270 e. The Morgan fingerprint density at radius 3 is 2.81 bits per heavy atom. The molecule has 1 N–H and O–H groups in total. The second kappa shape index (κ2) is 6.86. The van der Waals surface area contributed by atoms with Gasteiger partial charge < -0.3 is 9.84 Å². The van der Waals surface area contributed by atoms with Crippen LogP contribution in [0.4, 0.5) is 5.69 Å². The van der Waals surface area contributed by atoms with Crippen LogP contribution >= 0.6 is 11.3 Å². The van der Waals surface area contributed by atoms with Crippen LogP contribution in [0.1, 0.15) is 31.0 Å². The topological polar surface area (TPSA) is 124 Å². The molecule has 2 bridgehead atoms. The number of phenols is 1. The molecule has 2 aliphatic rings. The lowest BCUT2D eigenvalue weighted by atomic mass is 9.79. The molecule has 0 saturated carbocycles. The second-order valence-electron chi connectivity index (χ2n) is 7.91. The van der Waals surface area contributed by atoms with E-state index < -0.39 is 28.2 Å². The van der Waals surface area contributed by atoms with Crippen molar-refractivity contribution in [3.63, 3.8) is 0 Å². The highest BCUT2D eigenvalue weighted by Gasteiger charge is 2.53. The molecule has 2 aliphatic heterocycles. The number of phenolic OH excluding ortho intramolecular Hbond substituents is 1. The van der Waals surface area contributed by atoms with E-state index in [0.29, 0.717) is 16.1 Å². The Bertz CT molecular complexity index is 1490. The fraction of sp³-hybridized carbons (Fsp3) is 0.227. The van der Waals surface area contributed by atoms with Gasteiger partial charge in [-0.2, -0.15) is 0 Å². The van der Waals surface area contributed by atoms with Crippen LogP contribution in [-0.2, 0) is 4.79 Å². The fourth-order valence-electron chi connectivity index (χ4n) is 4.47. The van der Waals surface area contributed by atoms with Crippen molar-refractivity contribution >= 4 is 28.9 Å². The van der Waals surface area contributed by atoms with Crippen molar-refractivity contribution in [2.24, 2.45) is 10.9 Å². The summed E-state index contributed by atoms with van der Waals surface area (Å²) in [5.74, 6) is -0.478. The van der Waals surface area contributed by atoms with Crippen molar-refractivity contribution in [2.45, 2.75) is 25.6 Å². The Hall–Kier alpha value is -3.79. The number of nitro groups is 1. The highest BCUT2D eigenvalue weighted by Crippen LogP contribution is 2.47. The second-order valence-corrected chi connectivity index (χ2v) is 8.92. The Morgan fingerprint density at radius 2 is 2.09 bits per heavy atom. The van der Waals surface area contributed by atoms with Gasteiger partial charge in [-0.05, 0) is 32.1 Å². The summed E-state index contributed by atoms with van der Waals surface area (Å²) in [6, 6.07) is 10.2. The molecular weight excluding hydrogens is 434 g/mol. The summed E-state index contributed by atoms with van der Waals surface area (Å²) in [5.41, 5.74) is -0.917. The Morgan fingerprint density at radius 1 is 1.34 bits per heavy atom. The quantitative estimate of drug-likeness (QED) is 0.479. The molecule has 32 heavy (non-hydrogen) atoms. The molecule has 0 amide bonds. The van der Waals surface area contributed by atoms with E-state index in [1.807, 2.05) is 18.2 Å². The number of ether oxygens (including phenoxy) is 1. The van der Waals surface area contributed by atoms with Crippen LogP contribution in [0.25, 0.3) is 6.08 Å². The molecule has 9 nitrogen and oxygen atoms in total. The summed E-state index contributed by atoms with van der Waals surface area (Å²) >= 11 is 1.08. The van der Waals surface area contributed by atoms with Crippen LogP contribution in [-0.4, -0.2) is 26.1 Å². The number of hydrogen-bond acceptors (Lipinski definition) is 8. The van der Waals surface area contributed by atoms with Gasteiger partial charge in [0.1, 0.15) is 23.2 Å². The summed E-state index contributed by atoms with van der Waals surface area (Å²) < 4.78 is 7.85. The number of carbonyl (C=O) groups excluding carboxylic acids is 1. The Balaban J connectivity index is 1.79. The van der Waals surface area contributed by atoms with E-state index in [1.54, 1.807) is 13.0 Å². The summed E-state index contributed by atoms with van der Waals surface area (Å²) in [5, 5.41) is 21.3. The molecule has 3 atom stereocenters. The largest absolute Gasteiger partial charge is 0.507 e. The lowest BCUT2D eigenvalue weighted by molar-refractivity contribution is -0.384. The van der Waals surface area contributed by atoms with Gasteiger partial charge in [0, 0.05) is 23.3 Å². The van der Waals surface area contributed by atoms with Crippen LogP contribution in [0.3, 0.4) is 0 Å². The number of nitrogens with zero attached hydrogens (tertiary/aromatic N) is 3. The monoisotopic (exact) mass is 451 g/mol. The molecule has 0 spiro atoms. The number of aromatic nitrogens is 1. The summed E-state index contributed by atoms with van der Waals surface area (Å²) in [4.78, 5) is 41.6. The van der Waals surface area contributed by atoms with Crippen LogP contribution in [0.5, 0.6) is 11.5 Å². The third-order valence-electron chi connectivity index (χ3n) is 5.83. The molecule has 10 heteroatoms. The van der Waals surface area contributed by atoms with Gasteiger partial charge in [-0.25, -0.2) is 4.99 Å². The number of fused-ring (bicyclic) bond motifs is 6. The normalized spacial score (nSPS) is 23.5. The first-order chi connectivity index (χ1) is 15.2. The van der Waals surface area contributed by atoms with E-state index in [0.717, 1.165) is 11.3 Å². The first-order valence-electron chi connectivity index (χ1n) is 9.78. The summed E-state index contributed by atoms with van der Waals surface area (Å²) in [7, 11) is 0. The van der Waals surface area contributed by atoms with Gasteiger partial charge in [-0.1, -0.05) is 29.5 Å². The lowest BCUT2D eigenvalue weighted by Crippen LogP contribution is -2.58. The zero-order valence-corrected chi connectivity index (χ0v) is 17.8. The van der Waals surface area contributed by atoms with Crippen molar-refractivity contribution in [1.29, 1.82) is 0 Å². The molecular formula is C22H17N3O6S. The zero-order valence-electron chi connectivity index (χ0n) is 17.0. The number of Topliss-reactive ketones (excluding diaryl/α,β-unsaturated/α-hetero) is 1. The molecule has 0 saturated heterocycles. The number of hydrogen-bond donors (Lipinski definition) is 1. The maximum atomic E-state index is 13.4. The fourth-order valence-corrected chi connectivity index (χ4v) is 5.56. The van der Waals surface area contributed by atoms with Gasteiger partial charge in [-0.15, -0.1) is 0 Å². The molecule has 1 aromatic heterocycles. The molecule has 0 radical (unpaired) electrons.